The quantitative estimate of drug-likeness (QED) is 0.631. The lowest BCUT2D eigenvalue weighted by molar-refractivity contribution is -0.121. The van der Waals surface area contributed by atoms with E-state index in [4.69, 9.17) is 0 Å². The van der Waals surface area contributed by atoms with E-state index in [0.29, 0.717) is 25.2 Å². The summed E-state index contributed by atoms with van der Waals surface area (Å²) < 4.78 is 0. The van der Waals surface area contributed by atoms with Gasteiger partial charge in [-0.1, -0.05) is 33.1 Å². The molecule has 0 radical (unpaired) electrons. The monoisotopic (exact) mass is 334 g/mol. The van der Waals surface area contributed by atoms with Crippen molar-refractivity contribution in [2.24, 2.45) is 0 Å². The molecule has 1 aromatic heterocycles. The number of hydrogen-bond donors (Lipinski definition) is 1. The summed E-state index contributed by atoms with van der Waals surface area (Å²) >= 11 is 0. The molecular weight excluding hydrogens is 304 g/mol. The zero-order valence-electron chi connectivity index (χ0n) is 15.1. The van der Waals surface area contributed by atoms with Gasteiger partial charge < -0.3 is 10.2 Å². The van der Waals surface area contributed by atoms with Crippen LogP contribution in [0.25, 0.3) is 0 Å². The minimum Gasteiger partial charge on any atom is -0.356 e. The van der Waals surface area contributed by atoms with Crippen LogP contribution in [0.1, 0.15) is 69.8 Å². The molecule has 1 unspecified atom stereocenters. The van der Waals surface area contributed by atoms with Gasteiger partial charge in [-0.15, -0.1) is 0 Å². The van der Waals surface area contributed by atoms with E-state index in [-0.39, 0.29) is 17.9 Å². The smallest absolute Gasteiger partial charge is 0.274 e. The predicted octanol–water partition coefficient (Wildman–Crippen LogP) is 2.80. The van der Waals surface area contributed by atoms with E-state index in [0.717, 1.165) is 19.3 Å². The van der Waals surface area contributed by atoms with Crippen LogP contribution in [0.4, 0.5) is 0 Å². The summed E-state index contributed by atoms with van der Waals surface area (Å²) in [6.45, 7) is 7.27. The second-order valence-corrected chi connectivity index (χ2v) is 6.01. The molecule has 134 valence electrons. The maximum absolute atomic E-state index is 12.6. The van der Waals surface area contributed by atoms with Gasteiger partial charge in [-0.05, 0) is 19.8 Å². The van der Waals surface area contributed by atoms with Gasteiger partial charge in [0.1, 0.15) is 5.69 Å². The van der Waals surface area contributed by atoms with E-state index in [2.05, 4.69) is 22.2 Å². The van der Waals surface area contributed by atoms with E-state index >= 15 is 0 Å². The average molecular weight is 334 g/mol. The Labute approximate surface area is 145 Å². The molecule has 0 saturated heterocycles. The van der Waals surface area contributed by atoms with Crippen molar-refractivity contribution in [3.05, 3.63) is 24.3 Å². The minimum absolute atomic E-state index is 0.00764. The fraction of sp³-hybridized carbons (Fsp3) is 0.667. The summed E-state index contributed by atoms with van der Waals surface area (Å²) in [4.78, 5) is 34.3. The van der Waals surface area contributed by atoms with Crippen molar-refractivity contribution >= 4 is 11.8 Å². The van der Waals surface area contributed by atoms with Crippen LogP contribution < -0.4 is 5.32 Å². The van der Waals surface area contributed by atoms with Gasteiger partial charge in [0.2, 0.25) is 5.91 Å². The summed E-state index contributed by atoms with van der Waals surface area (Å²) in [5, 5.41) is 2.93. The lowest BCUT2D eigenvalue weighted by Crippen LogP contribution is -2.41. The van der Waals surface area contributed by atoms with Crippen LogP contribution in [-0.4, -0.2) is 45.8 Å². The summed E-state index contributed by atoms with van der Waals surface area (Å²) in [6.07, 6.45) is 10.2. The van der Waals surface area contributed by atoms with E-state index < -0.39 is 0 Å². The standard InChI is InChI=1S/C18H30N4O2/c1-4-6-7-8-10-21-17(23)9-13-22(15(3)5-2)18(24)16-14-19-11-12-20-16/h11-12,14-15H,4-10,13H2,1-3H3,(H,21,23). The van der Waals surface area contributed by atoms with Crippen LogP contribution in [0.15, 0.2) is 18.6 Å². The van der Waals surface area contributed by atoms with Crippen molar-refractivity contribution in [3.63, 3.8) is 0 Å². The lowest BCUT2D eigenvalue weighted by Gasteiger charge is -2.28. The molecule has 1 atom stereocenters. The molecule has 1 heterocycles. The Hall–Kier alpha value is -1.98. The van der Waals surface area contributed by atoms with Gasteiger partial charge in [0, 0.05) is 37.9 Å². The van der Waals surface area contributed by atoms with Crippen LogP contribution in [0.5, 0.6) is 0 Å². The highest BCUT2D eigenvalue weighted by molar-refractivity contribution is 5.92. The first-order valence-corrected chi connectivity index (χ1v) is 8.93. The van der Waals surface area contributed by atoms with Gasteiger partial charge in [-0.2, -0.15) is 0 Å². The summed E-state index contributed by atoms with van der Waals surface area (Å²) in [5.74, 6) is -0.181. The molecule has 0 fully saturated rings. The third-order valence-electron chi connectivity index (χ3n) is 4.10. The first-order chi connectivity index (χ1) is 11.6. The van der Waals surface area contributed by atoms with Crippen LogP contribution in [0, 0.1) is 0 Å². The minimum atomic E-state index is -0.173. The van der Waals surface area contributed by atoms with Crippen molar-refractivity contribution in [2.75, 3.05) is 13.1 Å². The molecule has 0 aliphatic rings. The van der Waals surface area contributed by atoms with Crippen LogP contribution in [0.2, 0.25) is 0 Å². The third kappa shape index (κ3) is 7.06. The number of rotatable bonds is 11. The van der Waals surface area contributed by atoms with Crippen molar-refractivity contribution in [1.29, 1.82) is 0 Å². The molecule has 0 aromatic carbocycles. The number of amides is 2. The van der Waals surface area contributed by atoms with Crippen LogP contribution in [0.3, 0.4) is 0 Å². The fourth-order valence-corrected chi connectivity index (χ4v) is 2.39. The molecule has 1 N–H and O–H groups in total. The highest BCUT2D eigenvalue weighted by Gasteiger charge is 2.22. The Morgan fingerprint density at radius 2 is 2.00 bits per heavy atom. The SMILES string of the molecule is CCCCCCNC(=O)CCN(C(=O)c1cnccn1)C(C)CC. The first kappa shape index (κ1) is 20.1. The van der Waals surface area contributed by atoms with E-state index in [1.54, 1.807) is 4.90 Å². The average Bonchev–Trinajstić information content (AvgIpc) is 2.61. The molecule has 0 aliphatic heterocycles. The van der Waals surface area contributed by atoms with Crippen molar-refractivity contribution in [1.82, 2.24) is 20.2 Å². The van der Waals surface area contributed by atoms with E-state index in [9.17, 15) is 9.59 Å². The Morgan fingerprint density at radius 1 is 1.21 bits per heavy atom. The van der Waals surface area contributed by atoms with Gasteiger partial charge in [0.05, 0.1) is 6.20 Å². The largest absolute Gasteiger partial charge is 0.356 e. The number of carbonyl (C=O) groups is 2. The van der Waals surface area contributed by atoms with Gasteiger partial charge in [-0.25, -0.2) is 4.98 Å². The molecular formula is C18H30N4O2. The molecule has 6 nitrogen and oxygen atoms in total. The number of carbonyl (C=O) groups excluding carboxylic acids is 2. The van der Waals surface area contributed by atoms with Crippen molar-refractivity contribution in [3.8, 4) is 0 Å². The molecule has 0 aliphatic carbocycles. The van der Waals surface area contributed by atoms with Gasteiger partial charge in [-0.3, -0.25) is 14.6 Å². The topological polar surface area (TPSA) is 75.2 Å². The van der Waals surface area contributed by atoms with Crippen molar-refractivity contribution < 1.29 is 9.59 Å². The number of unbranched alkanes of at least 4 members (excludes halogenated alkanes) is 3. The Bertz CT molecular complexity index is 493. The molecule has 24 heavy (non-hydrogen) atoms. The Morgan fingerprint density at radius 3 is 2.62 bits per heavy atom. The molecule has 0 bridgehead atoms. The van der Waals surface area contributed by atoms with Gasteiger partial charge >= 0.3 is 0 Å². The highest BCUT2D eigenvalue weighted by Crippen LogP contribution is 2.09. The number of nitrogens with one attached hydrogen (secondary N) is 1. The Balaban J connectivity index is 2.49. The highest BCUT2D eigenvalue weighted by atomic mass is 16.2. The van der Waals surface area contributed by atoms with Gasteiger partial charge in [0.15, 0.2) is 0 Å². The molecule has 1 aromatic rings. The van der Waals surface area contributed by atoms with E-state index in [1.807, 2.05) is 13.8 Å². The maximum Gasteiger partial charge on any atom is 0.274 e. The predicted molar refractivity (Wildman–Crippen MR) is 94.6 cm³/mol. The molecule has 0 saturated carbocycles. The maximum atomic E-state index is 12.6. The fourth-order valence-electron chi connectivity index (χ4n) is 2.39. The second kappa shape index (κ2) is 11.5. The Kier molecular flexibility index (Phi) is 9.65. The molecule has 2 amide bonds. The molecule has 1 rings (SSSR count). The number of nitrogens with zero attached hydrogens (tertiary/aromatic N) is 3. The van der Waals surface area contributed by atoms with Crippen LogP contribution in [-0.2, 0) is 4.79 Å². The molecule has 0 spiro atoms. The summed E-state index contributed by atoms with van der Waals surface area (Å²) in [7, 11) is 0. The third-order valence-corrected chi connectivity index (χ3v) is 4.10. The summed E-state index contributed by atoms with van der Waals surface area (Å²) in [5.41, 5.74) is 0.317. The van der Waals surface area contributed by atoms with Gasteiger partial charge in [0.25, 0.3) is 5.91 Å². The number of hydrogen-bond acceptors (Lipinski definition) is 4. The number of aromatic nitrogens is 2. The second-order valence-electron chi connectivity index (χ2n) is 6.01. The first-order valence-electron chi connectivity index (χ1n) is 8.93. The van der Waals surface area contributed by atoms with Crippen molar-refractivity contribution in [2.45, 2.75) is 65.3 Å². The lowest BCUT2D eigenvalue weighted by atomic mass is 10.2. The summed E-state index contributed by atoms with van der Waals surface area (Å²) in [6, 6.07) is 0.0526. The molecule has 6 heteroatoms. The zero-order chi connectivity index (χ0) is 17.8. The van der Waals surface area contributed by atoms with Crippen LogP contribution >= 0.6 is 0 Å². The van der Waals surface area contributed by atoms with E-state index in [1.165, 1.54) is 31.4 Å². The zero-order valence-corrected chi connectivity index (χ0v) is 15.1. The normalized spacial score (nSPS) is 11.8.